The van der Waals surface area contributed by atoms with Crippen molar-refractivity contribution in [3.63, 3.8) is 0 Å². The van der Waals surface area contributed by atoms with Crippen LogP contribution in [-0.4, -0.2) is 49.1 Å². The highest BCUT2D eigenvalue weighted by Crippen LogP contribution is 2.33. The lowest BCUT2D eigenvalue weighted by Crippen LogP contribution is -2.58. The number of nitro groups is 1. The van der Waals surface area contributed by atoms with Gasteiger partial charge in [-0.05, 0) is 19.9 Å². The van der Waals surface area contributed by atoms with Crippen molar-refractivity contribution in [2.24, 2.45) is 0 Å². The summed E-state index contributed by atoms with van der Waals surface area (Å²) in [7, 11) is -3.35. The highest BCUT2D eigenvalue weighted by molar-refractivity contribution is 7.88. The fraction of sp³-hybridized carbons (Fsp3) is 0.538. The summed E-state index contributed by atoms with van der Waals surface area (Å²) in [6.45, 7) is 3.95. The number of hydrogen-bond acceptors (Lipinski definition) is 5. The van der Waals surface area contributed by atoms with Crippen molar-refractivity contribution >= 4 is 21.4 Å². The van der Waals surface area contributed by atoms with Gasteiger partial charge in [-0.2, -0.15) is 4.31 Å². The van der Waals surface area contributed by atoms with E-state index in [1.165, 1.54) is 4.31 Å². The Balaban J connectivity index is 2.39. The minimum Gasteiger partial charge on any atom is -0.360 e. The summed E-state index contributed by atoms with van der Waals surface area (Å²) in [6.07, 6.45) is 1.14. The van der Waals surface area contributed by atoms with Crippen LogP contribution in [0.3, 0.4) is 0 Å². The molecule has 1 heterocycles. The van der Waals surface area contributed by atoms with Crippen molar-refractivity contribution in [2.75, 3.05) is 24.2 Å². The van der Waals surface area contributed by atoms with Crippen LogP contribution < -0.4 is 4.90 Å². The molecule has 9 heteroatoms. The quantitative estimate of drug-likeness (QED) is 0.620. The van der Waals surface area contributed by atoms with Gasteiger partial charge in [-0.15, -0.1) is 0 Å². The Labute approximate surface area is 128 Å². The normalized spacial score (nSPS) is 23.5. The lowest BCUT2D eigenvalue weighted by atomic mass is 10.1. The molecule has 1 saturated heterocycles. The van der Waals surface area contributed by atoms with Gasteiger partial charge in [0.15, 0.2) is 0 Å². The maximum atomic E-state index is 13.5. The molecule has 1 aliphatic heterocycles. The second-order valence-electron chi connectivity index (χ2n) is 5.57. The van der Waals surface area contributed by atoms with E-state index in [1.54, 1.807) is 18.7 Å². The summed E-state index contributed by atoms with van der Waals surface area (Å²) in [4.78, 5) is 12.3. The van der Waals surface area contributed by atoms with Gasteiger partial charge in [0.1, 0.15) is 11.5 Å². The van der Waals surface area contributed by atoms with Gasteiger partial charge in [0.25, 0.3) is 5.69 Å². The molecule has 1 fully saturated rings. The molecule has 0 spiro atoms. The Morgan fingerprint density at radius 2 is 1.91 bits per heavy atom. The highest BCUT2D eigenvalue weighted by atomic mass is 32.2. The number of nitrogens with zero attached hydrogens (tertiary/aromatic N) is 3. The molecule has 0 amide bonds. The molecule has 0 bridgehead atoms. The average molecular weight is 331 g/mol. The zero-order chi connectivity index (χ0) is 16.7. The van der Waals surface area contributed by atoms with Gasteiger partial charge in [-0.25, -0.2) is 12.8 Å². The third kappa shape index (κ3) is 3.20. The van der Waals surface area contributed by atoms with Crippen LogP contribution in [0.15, 0.2) is 18.2 Å². The van der Waals surface area contributed by atoms with Crippen molar-refractivity contribution in [2.45, 2.75) is 25.9 Å². The van der Waals surface area contributed by atoms with Gasteiger partial charge in [0.05, 0.1) is 11.2 Å². The minimum absolute atomic E-state index is 0.178. The fourth-order valence-corrected chi connectivity index (χ4v) is 3.98. The molecule has 1 aromatic rings. The van der Waals surface area contributed by atoms with E-state index in [-0.39, 0.29) is 36.5 Å². The molecule has 7 nitrogen and oxygen atoms in total. The smallest absolute Gasteiger partial charge is 0.292 e. The molecule has 2 atom stereocenters. The number of sulfonamides is 1. The molecule has 0 saturated carbocycles. The fourth-order valence-electron chi connectivity index (χ4n) is 2.77. The third-order valence-corrected chi connectivity index (χ3v) is 5.16. The maximum Gasteiger partial charge on any atom is 0.292 e. The van der Waals surface area contributed by atoms with E-state index in [9.17, 15) is 22.9 Å². The Kier molecular flexibility index (Phi) is 4.39. The molecule has 0 radical (unpaired) electrons. The molecule has 22 heavy (non-hydrogen) atoms. The van der Waals surface area contributed by atoms with Crippen LogP contribution in [0.4, 0.5) is 15.8 Å². The third-order valence-electron chi connectivity index (χ3n) is 3.80. The summed E-state index contributed by atoms with van der Waals surface area (Å²) in [6, 6.07) is 2.64. The summed E-state index contributed by atoms with van der Waals surface area (Å²) < 4.78 is 38.4. The standard InChI is InChI=1S/C13H18FN3O4S/c1-9-8-16(22(3,20)21)10(2)7-15(9)13-6-11(14)4-5-12(13)17(18)19/h4-6,9-10H,7-8H2,1-3H3. The van der Waals surface area contributed by atoms with Crippen molar-refractivity contribution in [3.8, 4) is 0 Å². The Hall–Kier alpha value is -1.74. The Morgan fingerprint density at radius 1 is 1.27 bits per heavy atom. The van der Waals surface area contributed by atoms with E-state index in [4.69, 9.17) is 0 Å². The summed E-state index contributed by atoms with van der Waals surface area (Å²) >= 11 is 0. The van der Waals surface area contributed by atoms with E-state index >= 15 is 0 Å². The van der Waals surface area contributed by atoms with Crippen LogP contribution in [0.2, 0.25) is 0 Å². The molecule has 2 rings (SSSR count). The number of benzene rings is 1. The molecule has 0 aromatic heterocycles. The molecule has 122 valence electrons. The van der Waals surface area contributed by atoms with Crippen LogP contribution in [0.1, 0.15) is 13.8 Å². The molecule has 0 aliphatic carbocycles. The van der Waals surface area contributed by atoms with Crippen LogP contribution in [0, 0.1) is 15.9 Å². The molecular formula is C13H18FN3O4S. The van der Waals surface area contributed by atoms with E-state index in [0.29, 0.717) is 0 Å². The topological polar surface area (TPSA) is 83.8 Å². The predicted octanol–water partition coefficient (Wildman–Crippen LogP) is 1.59. The molecule has 2 unspecified atom stereocenters. The van der Waals surface area contributed by atoms with Crippen LogP contribution in [0.25, 0.3) is 0 Å². The molecule has 1 aliphatic rings. The zero-order valence-electron chi connectivity index (χ0n) is 12.6. The van der Waals surface area contributed by atoms with E-state index in [0.717, 1.165) is 24.5 Å². The molecular weight excluding hydrogens is 313 g/mol. The first-order chi connectivity index (χ1) is 10.1. The first kappa shape index (κ1) is 16.6. The predicted molar refractivity (Wildman–Crippen MR) is 80.9 cm³/mol. The van der Waals surface area contributed by atoms with E-state index in [2.05, 4.69) is 0 Å². The number of halogens is 1. The maximum absolute atomic E-state index is 13.5. The van der Waals surface area contributed by atoms with Gasteiger partial charge in [-0.1, -0.05) is 0 Å². The van der Waals surface area contributed by atoms with Gasteiger partial charge < -0.3 is 4.90 Å². The van der Waals surface area contributed by atoms with E-state index in [1.807, 2.05) is 0 Å². The monoisotopic (exact) mass is 331 g/mol. The minimum atomic E-state index is -3.35. The van der Waals surface area contributed by atoms with Crippen LogP contribution >= 0.6 is 0 Å². The SMILES string of the molecule is CC1CN(S(C)(=O)=O)C(C)CN1c1cc(F)ccc1[N+](=O)[O-]. The first-order valence-corrected chi connectivity index (χ1v) is 8.63. The summed E-state index contributed by atoms with van der Waals surface area (Å²) in [5.41, 5.74) is -0.00856. The summed E-state index contributed by atoms with van der Waals surface area (Å²) in [5.74, 6) is -0.564. The Morgan fingerprint density at radius 3 is 2.45 bits per heavy atom. The molecule has 1 aromatic carbocycles. The van der Waals surface area contributed by atoms with Crippen molar-refractivity contribution in [1.82, 2.24) is 4.31 Å². The van der Waals surface area contributed by atoms with Crippen molar-refractivity contribution in [3.05, 3.63) is 34.1 Å². The number of rotatable bonds is 3. The van der Waals surface area contributed by atoms with Gasteiger partial charge in [0, 0.05) is 37.3 Å². The van der Waals surface area contributed by atoms with Gasteiger partial charge in [0.2, 0.25) is 10.0 Å². The highest BCUT2D eigenvalue weighted by Gasteiger charge is 2.36. The Bertz CT molecular complexity index is 695. The second-order valence-corrected chi connectivity index (χ2v) is 7.51. The van der Waals surface area contributed by atoms with Crippen LogP contribution in [-0.2, 0) is 10.0 Å². The van der Waals surface area contributed by atoms with E-state index < -0.39 is 20.8 Å². The van der Waals surface area contributed by atoms with Gasteiger partial charge in [-0.3, -0.25) is 10.1 Å². The summed E-state index contributed by atoms with van der Waals surface area (Å²) in [5, 5.41) is 11.1. The number of hydrogen-bond donors (Lipinski definition) is 0. The number of nitro benzene ring substituents is 1. The lowest BCUT2D eigenvalue weighted by molar-refractivity contribution is -0.384. The second kappa shape index (κ2) is 5.81. The number of piperazine rings is 1. The van der Waals surface area contributed by atoms with Gasteiger partial charge >= 0.3 is 0 Å². The van der Waals surface area contributed by atoms with Crippen molar-refractivity contribution in [1.29, 1.82) is 0 Å². The largest absolute Gasteiger partial charge is 0.360 e. The molecule has 0 N–H and O–H groups in total. The van der Waals surface area contributed by atoms with Crippen molar-refractivity contribution < 1.29 is 17.7 Å². The zero-order valence-corrected chi connectivity index (χ0v) is 13.4. The first-order valence-electron chi connectivity index (χ1n) is 6.78. The number of anilines is 1. The van der Waals surface area contributed by atoms with Crippen LogP contribution in [0.5, 0.6) is 0 Å². The lowest BCUT2D eigenvalue weighted by Gasteiger charge is -2.43. The average Bonchev–Trinajstić information content (AvgIpc) is 2.39.